The third kappa shape index (κ3) is 3.31. The maximum atomic E-state index is 5.82. The van der Waals surface area contributed by atoms with Gasteiger partial charge in [0.1, 0.15) is 6.23 Å². The predicted molar refractivity (Wildman–Crippen MR) is 64.4 cm³/mol. The Balaban J connectivity index is 0.00000112. The number of hydrogen-bond acceptors (Lipinski definition) is 3. The molecule has 2 atom stereocenters. The van der Waals surface area contributed by atoms with Crippen molar-refractivity contribution >= 4 is 12.4 Å². The molecule has 0 aromatic heterocycles. The molecule has 3 nitrogen and oxygen atoms in total. The average molecular weight is 235 g/mol. The summed E-state index contributed by atoms with van der Waals surface area (Å²) in [6.07, 6.45) is 2.90. The van der Waals surface area contributed by atoms with E-state index < -0.39 is 0 Å². The number of halogens is 1. The minimum absolute atomic E-state index is 0. The first-order valence-corrected chi connectivity index (χ1v) is 5.65. The molecule has 0 spiro atoms. The van der Waals surface area contributed by atoms with Gasteiger partial charge in [-0.15, -0.1) is 12.4 Å². The van der Waals surface area contributed by atoms with Gasteiger partial charge in [-0.05, 0) is 40.3 Å². The molecule has 0 bridgehead atoms. The van der Waals surface area contributed by atoms with Crippen LogP contribution >= 0.6 is 12.4 Å². The van der Waals surface area contributed by atoms with Gasteiger partial charge in [-0.3, -0.25) is 5.32 Å². The van der Waals surface area contributed by atoms with Crippen molar-refractivity contribution in [3.63, 3.8) is 0 Å². The Morgan fingerprint density at radius 3 is 2.67 bits per heavy atom. The summed E-state index contributed by atoms with van der Waals surface area (Å²) < 4.78 is 5.82. The van der Waals surface area contributed by atoms with Gasteiger partial charge in [0.2, 0.25) is 0 Å². The molecule has 1 N–H and O–H groups in total. The van der Waals surface area contributed by atoms with E-state index in [2.05, 4.69) is 31.1 Å². The van der Waals surface area contributed by atoms with Gasteiger partial charge in [0.25, 0.3) is 0 Å². The lowest BCUT2D eigenvalue weighted by Gasteiger charge is -2.33. The number of hydrogen-bond donors (Lipinski definition) is 1. The Morgan fingerprint density at radius 1 is 1.40 bits per heavy atom. The molecule has 90 valence electrons. The summed E-state index contributed by atoms with van der Waals surface area (Å²) in [5.74, 6) is 0.676. The Hall–Kier alpha value is 0.170. The summed E-state index contributed by atoms with van der Waals surface area (Å²) in [7, 11) is 2.20. The van der Waals surface area contributed by atoms with Gasteiger partial charge >= 0.3 is 0 Å². The molecule has 0 radical (unpaired) electrons. The van der Waals surface area contributed by atoms with Crippen LogP contribution in [0.25, 0.3) is 0 Å². The van der Waals surface area contributed by atoms with Crippen LogP contribution in [-0.4, -0.2) is 43.4 Å². The van der Waals surface area contributed by atoms with Crippen LogP contribution < -0.4 is 5.32 Å². The van der Waals surface area contributed by atoms with Crippen molar-refractivity contribution in [3.05, 3.63) is 0 Å². The molecule has 0 saturated carbocycles. The van der Waals surface area contributed by atoms with Crippen molar-refractivity contribution in [3.8, 4) is 0 Å². The molecule has 15 heavy (non-hydrogen) atoms. The quantitative estimate of drug-likeness (QED) is 0.744. The van der Waals surface area contributed by atoms with Gasteiger partial charge in [0.15, 0.2) is 0 Å². The molecule has 4 heteroatoms. The van der Waals surface area contributed by atoms with Crippen LogP contribution in [0.5, 0.6) is 0 Å². The number of rotatable bonds is 1. The Bertz CT molecular complexity index is 211. The summed E-state index contributed by atoms with van der Waals surface area (Å²) >= 11 is 0. The lowest BCUT2D eigenvalue weighted by Crippen LogP contribution is -2.46. The SMILES string of the molecule is CN1CCCC(C2NC(C)(C)CO2)C1.Cl. The van der Waals surface area contributed by atoms with Crippen LogP contribution in [0.3, 0.4) is 0 Å². The maximum Gasteiger partial charge on any atom is 0.112 e. The van der Waals surface area contributed by atoms with Gasteiger partial charge in [-0.1, -0.05) is 0 Å². The predicted octanol–water partition coefficient (Wildman–Crippen LogP) is 1.47. The molecule has 2 rings (SSSR count). The summed E-state index contributed by atoms with van der Waals surface area (Å²) in [6, 6.07) is 0. The fourth-order valence-electron chi connectivity index (χ4n) is 2.47. The van der Waals surface area contributed by atoms with Crippen molar-refractivity contribution in [2.75, 3.05) is 26.7 Å². The van der Waals surface area contributed by atoms with E-state index >= 15 is 0 Å². The highest BCUT2D eigenvalue weighted by Crippen LogP contribution is 2.25. The largest absolute Gasteiger partial charge is 0.361 e. The van der Waals surface area contributed by atoms with Crippen molar-refractivity contribution in [2.45, 2.75) is 38.5 Å². The van der Waals surface area contributed by atoms with Crippen molar-refractivity contribution in [1.29, 1.82) is 0 Å². The first kappa shape index (κ1) is 13.2. The average Bonchev–Trinajstić information content (AvgIpc) is 2.46. The van der Waals surface area contributed by atoms with E-state index in [1.54, 1.807) is 0 Å². The summed E-state index contributed by atoms with van der Waals surface area (Å²) in [5.41, 5.74) is 0.167. The van der Waals surface area contributed by atoms with Crippen LogP contribution in [0.4, 0.5) is 0 Å². The van der Waals surface area contributed by atoms with Crippen LogP contribution in [-0.2, 0) is 4.74 Å². The molecule has 2 saturated heterocycles. The number of piperidine rings is 1. The fourth-order valence-corrected chi connectivity index (χ4v) is 2.47. The van der Waals surface area contributed by atoms with Crippen LogP contribution in [0, 0.1) is 5.92 Å². The molecular weight excluding hydrogens is 212 g/mol. The van der Waals surface area contributed by atoms with Crippen molar-refractivity contribution in [1.82, 2.24) is 10.2 Å². The van der Waals surface area contributed by atoms with Crippen LogP contribution in [0.2, 0.25) is 0 Å². The molecule has 0 aromatic rings. The molecular formula is C11H23ClN2O. The minimum Gasteiger partial charge on any atom is -0.361 e. The second-order valence-corrected chi connectivity index (χ2v) is 5.42. The van der Waals surface area contributed by atoms with Gasteiger partial charge in [0.05, 0.1) is 6.61 Å². The summed E-state index contributed by atoms with van der Waals surface area (Å²) in [5, 5.41) is 3.57. The number of likely N-dealkylation sites (tertiary alicyclic amines) is 1. The zero-order valence-corrected chi connectivity index (χ0v) is 10.8. The highest BCUT2D eigenvalue weighted by Gasteiger charge is 2.36. The molecule has 2 heterocycles. The summed E-state index contributed by atoms with van der Waals surface area (Å²) in [4.78, 5) is 2.41. The molecule has 2 unspecified atom stereocenters. The smallest absolute Gasteiger partial charge is 0.112 e. The first-order valence-electron chi connectivity index (χ1n) is 5.65. The van der Waals surface area contributed by atoms with Gasteiger partial charge < -0.3 is 9.64 Å². The van der Waals surface area contributed by atoms with Crippen LogP contribution in [0.15, 0.2) is 0 Å². The van der Waals surface area contributed by atoms with Crippen molar-refractivity contribution in [2.24, 2.45) is 5.92 Å². The third-order valence-corrected chi connectivity index (χ3v) is 3.25. The summed E-state index contributed by atoms with van der Waals surface area (Å²) in [6.45, 7) is 7.68. The number of nitrogens with one attached hydrogen (secondary N) is 1. The zero-order valence-electron chi connectivity index (χ0n) is 9.95. The topological polar surface area (TPSA) is 24.5 Å². The highest BCUT2D eigenvalue weighted by atomic mass is 35.5. The minimum atomic E-state index is 0. The second-order valence-electron chi connectivity index (χ2n) is 5.42. The molecule has 2 aliphatic rings. The van der Waals surface area contributed by atoms with E-state index in [-0.39, 0.29) is 24.2 Å². The first-order chi connectivity index (χ1) is 6.57. The van der Waals surface area contributed by atoms with Gasteiger partial charge in [0, 0.05) is 18.0 Å². The molecule has 0 amide bonds. The second kappa shape index (κ2) is 5.00. The lowest BCUT2D eigenvalue weighted by atomic mass is 9.96. The van der Waals surface area contributed by atoms with E-state index in [4.69, 9.17) is 4.74 Å². The molecule has 2 fully saturated rings. The van der Waals surface area contributed by atoms with E-state index in [0.717, 1.165) is 6.61 Å². The number of ether oxygens (including phenoxy) is 1. The molecule has 0 aromatic carbocycles. The fraction of sp³-hybridized carbons (Fsp3) is 1.00. The zero-order chi connectivity index (χ0) is 10.2. The van der Waals surface area contributed by atoms with E-state index in [1.807, 2.05) is 0 Å². The lowest BCUT2D eigenvalue weighted by molar-refractivity contribution is 0.0211. The Kier molecular flexibility index (Phi) is 4.41. The van der Waals surface area contributed by atoms with Crippen molar-refractivity contribution < 1.29 is 4.74 Å². The van der Waals surface area contributed by atoms with E-state index in [9.17, 15) is 0 Å². The standard InChI is InChI=1S/C11H22N2O.ClH/c1-11(2)8-14-10(12-11)9-5-4-6-13(3)7-9;/h9-10,12H,4-8H2,1-3H3;1H. The molecule has 2 aliphatic heterocycles. The normalized spacial score (nSPS) is 36.2. The van der Waals surface area contributed by atoms with E-state index in [0.29, 0.717) is 5.92 Å². The Morgan fingerprint density at radius 2 is 2.13 bits per heavy atom. The van der Waals surface area contributed by atoms with Gasteiger partial charge in [-0.25, -0.2) is 0 Å². The third-order valence-electron chi connectivity index (χ3n) is 3.25. The number of nitrogens with zero attached hydrogens (tertiary/aromatic N) is 1. The maximum absolute atomic E-state index is 5.82. The monoisotopic (exact) mass is 234 g/mol. The van der Waals surface area contributed by atoms with Crippen LogP contribution in [0.1, 0.15) is 26.7 Å². The Labute approximate surface area is 99.0 Å². The molecule has 0 aliphatic carbocycles. The highest BCUT2D eigenvalue weighted by molar-refractivity contribution is 5.85. The van der Waals surface area contributed by atoms with Gasteiger partial charge in [-0.2, -0.15) is 0 Å². The van der Waals surface area contributed by atoms with E-state index in [1.165, 1.54) is 25.9 Å².